The second-order valence-electron chi connectivity index (χ2n) is 7.23. The van der Waals surface area contributed by atoms with Gasteiger partial charge in [-0.2, -0.15) is 0 Å². The highest BCUT2D eigenvalue weighted by molar-refractivity contribution is 5.92. The van der Waals surface area contributed by atoms with Crippen molar-refractivity contribution in [3.63, 3.8) is 0 Å². The molecule has 0 radical (unpaired) electrons. The molecule has 10 heteroatoms. The van der Waals surface area contributed by atoms with E-state index in [9.17, 15) is 40.5 Å². The fraction of sp³-hybridized carbons (Fsp3) is 0.136. The summed E-state index contributed by atoms with van der Waals surface area (Å²) < 4.78 is 10.9. The number of carbonyl (C=O) groups is 1. The van der Waals surface area contributed by atoms with E-state index in [4.69, 9.17) is 9.47 Å². The first kappa shape index (κ1) is 20.9. The van der Waals surface area contributed by atoms with Crippen molar-refractivity contribution in [1.29, 1.82) is 0 Å². The molecular formula is C22H18O10. The SMILES string of the molecule is O=C(Oc1cc([C@H]2Oc3cc(O)cc(O)c3C[C@@H]2O)ccc1O)c1cc(O)c(O)c(O)c1. The summed E-state index contributed by atoms with van der Waals surface area (Å²) in [5, 5.41) is 68.8. The molecule has 0 unspecified atom stereocenters. The monoisotopic (exact) mass is 442 g/mol. The zero-order valence-corrected chi connectivity index (χ0v) is 16.3. The highest BCUT2D eigenvalue weighted by Gasteiger charge is 2.32. The molecule has 2 atom stereocenters. The lowest BCUT2D eigenvalue weighted by Gasteiger charge is -2.31. The van der Waals surface area contributed by atoms with Gasteiger partial charge in [-0.05, 0) is 29.8 Å². The molecule has 1 heterocycles. The number of hydrogen-bond donors (Lipinski definition) is 7. The standard InChI is InChI=1S/C22H18O10/c23-11-6-14(25)12-8-17(28)21(31-18(12)7-11)9-1-2-13(24)19(5-9)32-22(30)10-3-15(26)20(29)16(27)4-10/h1-7,17,21,23-29H,8H2/t17-,21+/m0/s1. The Bertz CT molecular complexity index is 1200. The van der Waals surface area contributed by atoms with Crippen LogP contribution in [0.2, 0.25) is 0 Å². The number of hydrogen-bond acceptors (Lipinski definition) is 10. The summed E-state index contributed by atoms with van der Waals surface area (Å²) >= 11 is 0. The van der Waals surface area contributed by atoms with Gasteiger partial charge in [0, 0.05) is 24.1 Å². The average molecular weight is 442 g/mol. The number of fused-ring (bicyclic) bond motifs is 1. The molecular weight excluding hydrogens is 424 g/mol. The zero-order valence-electron chi connectivity index (χ0n) is 16.3. The average Bonchev–Trinajstić information content (AvgIpc) is 2.73. The lowest BCUT2D eigenvalue weighted by atomic mass is 9.94. The third-order valence-corrected chi connectivity index (χ3v) is 5.01. The Morgan fingerprint density at radius 1 is 0.875 bits per heavy atom. The molecule has 7 N–H and O–H groups in total. The van der Waals surface area contributed by atoms with E-state index in [2.05, 4.69) is 0 Å². The molecule has 1 aliphatic rings. The van der Waals surface area contributed by atoms with Gasteiger partial charge in [-0.25, -0.2) is 4.79 Å². The third kappa shape index (κ3) is 3.74. The van der Waals surface area contributed by atoms with Crippen molar-refractivity contribution in [2.75, 3.05) is 0 Å². The highest BCUT2D eigenvalue weighted by atomic mass is 16.5. The number of phenols is 6. The number of aliphatic hydroxyl groups excluding tert-OH is 1. The fourth-order valence-corrected chi connectivity index (χ4v) is 3.42. The first-order chi connectivity index (χ1) is 15.1. The Hall–Kier alpha value is -4.31. The van der Waals surface area contributed by atoms with Crippen molar-refractivity contribution < 1.29 is 50.0 Å². The number of esters is 1. The summed E-state index contributed by atoms with van der Waals surface area (Å²) in [6.45, 7) is 0. The first-order valence-electron chi connectivity index (χ1n) is 9.33. The van der Waals surface area contributed by atoms with E-state index in [1.54, 1.807) is 0 Å². The maximum absolute atomic E-state index is 12.4. The molecule has 0 spiro atoms. The summed E-state index contributed by atoms with van der Waals surface area (Å²) in [7, 11) is 0. The van der Waals surface area contributed by atoms with Crippen molar-refractivity contribution in [2.45, 2.75) is 18.6 Å². The Labute approximate surface area is 180 Å². The quantitative estimate of drug-likeness (QED) is 0.181. The number of rotatable bonds is 3. The van der Waals surface area contributed by atoms with Crippen molar-refractivity contribution >= 4 is 5.97 Å². The molecule has 0 bridgehead atoms. The van der Waals surface area contributed by atoms with Gasteiger partial charge < -0.3 is 45.2 Å². The van der Waals surface area contributed by atoms with E-state index in [1.807, 2.05) is 0 Å². The Kier molecular flexibility index (Phi) is 5.07. The van der Waals surface area contributed by atoms with Crippen LogP contribution in [0.3, 0.4) is 0 Å². The molecule has 1 aliphatic heterocycles. The summed E-state index contributed by atoms with van der Waals surface area (Å²) in [6, 6.07) is 8.09. The number of carbonyl (C=O) groups excluding carboxylic acids is 1. The maximum Gasteiger partial charge on any atom is 0.343 e. The van der Waals surface area contributed by atoms with E-state index >= 15 is 0 Å². The molecule has 3 aromatic carbocycles. The third-order valence-electron chi connectivity index (χ3n) is 5.01. The second-order valence-corrected chi connectivity index (χ2v) is 7.23. The molecule has 10 nitrogen and oxygen atoms in total. The topological polar surface area (TPSA) is 177 Å². The maximum atomic E-state index is 12.4. The van der Waals surface area contributed by atoms with Crippen molar-refractivity contribution in [3.05, 3.63) is 59.2 Å². The molecule has 0 aliphatic carbocycles. The van der Waals surface area contributed by atoms with Gasteiger partial charge in [0.2, 0.25) is 0 Å². The van der Waals surface area contributed by atoms with E-state index in [1.165, 1.54) is 24.3 Å². The summed E-state index contributed by atoms with van der Waals surface area (Å²) in [5.74, 6) is -4.30. The van der Waals surface area contributed by atoms with Gasteiger partial charge in [0.1, 0.15) is 23.4 Å². The second kappa shape index (κ2) is 7.75. The van der Waals surface area contributed by atoms with Crippen LogP contribution in [0.4, 0.5) is 0 Å². The minimum absolute atomic E-state index is 0.0220. The molecule has 4 rings (SSSR count). The molecule has 166 valence electrons. The van der Waals surface area contributed by atoms with Gasteiger partial charge in [0.15, 0.2) is 28.7 Å². The van der Waals surface area contributed by atoms with Gasteiger partial charge in [-0.1, -0.05) is 6.07 Å². The summed E-state index contributed by atoms with van der Waals surface area (Å²) in [6.07, 6.45) is -2.05. The summed E-state index contributed by atoms with van der Waals surface area (Å²) in [4.78, 5) is 12.4. The van der Waals surface area contributed by atoms with Gasteiger partial charge >= 0.3 is 5.97 Å². The molecule has 32 heavy (non-hydrogen) atoms. The Morgan fingerprint density at radius 2 is 1.56 bits per heavy atom. The van der Waals surface area contributed by atoms with Crippen LogP contribution in [-0.2, 0) is 6.42 Å². The van der Waals surface area contributed by atoms with Crippen molar-refractivity contribution in [1.82, 2.24) is 0 Å². The van der Waals surface area contributed by atoms with Gasteiger partial charge in [0.05, 0.1) is 11.7 Å². The molecule has 3 aromatic rings. The van der Waals surface area contributed by atoms with Crippen molar-refractivity contribution in [3.8, 4) is 46.0 Å². The van der Waals surface area contributed by atoms with Crippen LogP contribution < -0.4 is 9.47 Å². The molecule has 0 aromatic heterocycles. The van der Waals surface area contributed by atoms with E-state index in [0.29, 0.717) is 11.1 Å². The Morgan fingerprint density at radius 3 is 2.25 bits per heavy atom. The molecule has 0 saturated carbocycles. The minimum Gasteiger partial charge on any atom is -0.508 e. The predicted molar refractivity (Wildman–Crippen MR) is 107 cm³/mol. The van der Waals surface area contributed by atoms with Crippen molar-refractivity contribution in [2.24, 2.45) is 0 Å². The number of ether oxygens (including phenoxy) is 2. The minimum atomic E-state index is -1.10. The van der Waals surface area contributed by atoms with Crippen LogP contribution in [0.15, 0.2) is 42.5 Å². The zero-order chi connectivity index (χ0) is 23.2. The molecule has 0 saturated heterocycles. The van der Waals surface area contributed by atoms with Crippen LogP contribution >= 0.6 is 0 Å². The Balaban J connectivity index is 1.62. The largest absolute Gasteiger partial charge is 0.508 e. The normalized spacial score (nSPS) is 17.3. The van der Waals surface area contributed by atoms with E-state index in [-0.39, 0.29) is 35.0 Å². The lowest BCUT2D eigenvalue weighted by molar-refractivity contribution is 0.0196. The molecule has 0 amide bonds. The predicted octanol–water partition coefficient (Wildman–Crippen LogP) is 2.18. The number of aromatic hydroxyl groups is 6. The van der Waals surface area contributed by atoms with Gasteiger partial charge in [0.25, 0.3) is 0 Å². The van der Waals surface area contributed by atoms with Gasteiger partial charge in [-0.15, -0.1) is 0 Å². The fourth-order valence-electron chi connectivity index (χ4n) is 3.42. The highest BCUT2D eigenvalue weighted by Crippen LogP contribution is 2.43. The van der Waals surface area contributed by atoms with Crippen LogP contribution in [0, 0.1) is 0 Å². The number of benzene rings is 3. The van der Waals surface area contributed by atoms with E-state index < -0.39 is 41.2 Å². The van der Waals surface area contributed by atoms with Crippen LogP contribution in [0.1, 0.15) is 27.6 Å². The van der Waals surface area contributed by atoms with E-state index in [0.717, 1.165) is 18.2 Å². The first-order valence-corrected chi connectivity index (χ1v) is 9.33. The smallest absolute Gasteiger partial charge is 0.343 e. The lowest BCUT2D eigenvalue weighted by Crippen LogP contribution is -2.30. The number of aliphatic hydroxyl groups is 1. The summed E-state index contributed by atoms with van der Waals surface area (Å²) in [5.41, 5.74) is 0.350. The van der Waals surface area contributed by atoms with Crippen LogP contribution in [0.25, 0.3) is 0 Å². The molecule has 0 fully saturated rings. The van der Waals surface area contributed by atoms with Crippen LogP contribution in [0.5, 0.6) is 46.0 Å². The van der Waals surface area contributed by atoms with Gasteiger partial charge in [-0.3, -0.25) is 0 Å². The van der Waals surface area contributed by atoms with Crippen LogP contribution in [-0.4, -0.2) is 47.8 Å². The number of phenolic OH excluding ortho intramolecular Hbond substituents is 6.